The summed E-state index contributed by atoms with van der Waals surface area (Å²) in [6.07, 6.45) is 7.62. The van der Waals surface area contributed by atoms with Gasteiger partial charge in [-0.15, -0.1) is 11.3 Å². The van der Waals surface area contributed by atoms with Crippen LogP contribution in [0.4, 0.5) is 0 Å². The van der Waals surface area contributed by atoms with E-state index in [9.17, 15) is 0 Å². The van der Waals surface area contributed by atoms with Gasteiger partial charge in [-0.25, -0.2) is 4.98 Å². The molecule has 2 aromatic rings. The Morgan fingerprint density at radius 2 is 2.11 bits per heavy atom. The topological polar surface area (TPSA) is 25.8 Å². The molecule has 0 spiro atoms. The normalized spacial score (nSPS) is 15.1. The highest BCUT2D eigenvalue weighted by atomic mass is 79.9. The average molecular weight is 354 g/mol. The lowest BCUT2D eigenvalue weighted by molar-refractivity contribution is 1.03. The minimum atomic E-state index is 0.891. The highest BCUT2D eigenvalue weighted by Crippen LogP contribution is 2.37. The minimum absolute atomic E-state index is 0.891. The lowest BCUT2D eigenvalue weighted by atomic mass is 10.1. The van der Waals surface area contributed by atoms with E-state index in [-0.39, 0.29) is 0 Å². The Bertz CT molecular complexity index is 661. The molecule has 3 rings (SSSR count). The van der Waals surface area contributed by atoms with Gasteiger partial charge in [0.1, 0.15) is 10.7 Å². The van der Waals surface area contributed by atoms with Crippen LogP contribution in [-0.2, 0) is 0 Å². The molecule has 5 heteroatoms. The van der Waals surface area contributed by atoms with Crippen molar-refractivity contribution >= 4 is 44.4 Å². The Hall–Kier alpha value is -0.970. The molecule has 0 aliphatic heterocycles. The fourth-order valence-corrected chi connectivity index (χ4v) is 3.65. The maximum absolute atomic E-state index is 5.98. The summed E-state index contributed by atoms with van der Waals surface area (Å²) < 4.78 is 1.02. The molecule has 1 aliphatic rings. The van der Waals surface area contributed by atoms with Gasteiger partial charge in [-0.2, -0.15) is 0 Å². The standard InChI is InChI=1S/C14H10BrClN2S/c15-13-12(11-3-1-2-8-17-11)18-14(19-13)9-4-6-10(16)7-5-9/h1-4,6,8H,5,7H2. The second-order valence-corrected chi connectivity index (χ2v) is 6.96. The predicted molar refractivity (Wildman–Crippen MR) is 84.2 cm³/mol. The quantitative estimate of drug-likeness (QED) is 0.735. The first-order chi connectivity index (χ1) is 9.24. The van der Waals surface area contributed by atoms with Crippen LogP contribution in [-0.4, -0.2) is 9.97 Å². The molecule has 19 heavy (non-hydrogen) atoms. The van der Waals surface area contributed by atoms with Gasteiger partial charge in [0.15, 0.2) is 0 Å². The van der Waals surface area contributed by atoms with Crippen molar-refractivity contribution < 1.29 is 0 Å². The van der Waals surface area contributed by atoms with Crippen LogP contribution >= 0.6 is 38.9 Å². The summed E-state index contributed by atoms with van der Waals surface area (Å²) in [5.74, 6) is 0. The van der Waals surface area contributed by atoms with Crippen molar-refractivity contribution in [2.75, 3.05) is 0 Å². The summed E-state index contributed by atoms with van der Waals surface area (Å²) in [6.45, 7) is 0. The Balaban J connectivity index is 1.99. The molecule has 0 atom stereocenters. The van der Waals surface area contributed by atoms with Crippen LogP contribution in [0.15, 0.2) is 45.4 Å². The van der Waals surface area contributed by atoms with Gasteiger partial charge in [0.05, 0.1) is 9.48 Å². The smallest absolute Gasteiger partial charge is 0.121 e. The molecule has 96 valence electrons. The van der Waals surface area contributed by atoms with Gasteiger partial charge in [-0.1, -0.05) is 23.7 Å². The summed E-state index contributed by atoms with van der Waals surface area (Å²) in [4.78, 5) is 9.04. The van der Waals surface area contributed by atoms with E-state index in [1.807, 2.05) is 24.3 Å². The number of hydrogen-bond acceptors (Lipinski definition) is 3. The lowest BCUT2D eigenvalue weighted by Gasteiger charge is -2.07. The Labute approximate surface area is 129 Å². The third-order valence-corrected chi connectivity index (χ3v) is 4.96. The minimum Gasteiger partial charge on any atom is -0.255 e. The Morgan fingerprint density at radius 3 is 2.79 bits per heavy atom. The number of aromatic nitrogens is 2. The predicted octanol–water partition coefficient (Wildman–Crippen LogP) is 5.27. The van der Waals surface area contributed by atoms with Crippen molar-refractivity contribution in [3.05, 3.63) is 50.4 Å². The third-order valence-electron chi connectivity index (χ3n) is 2.87. The summed E-state index contributed by atoms with van der Waals surface area (Å²) in [6, 6.07) is 5.84. The zero-order valence-electron chi connectivity index (χ0n) is 9.94. The Morgan fingerprint density at radius 1 is 1.21 bits per heavy atom. The fourth-order valence-electron chi connectivity index (χ4n) is 1.89. The number of allylic oxidation sites excluding steroid dienone is 4. The van der Waals surface area contributed by atoms with E-state index in [1.54, 1.807) is 17.5 Å². The van der Waals surface area contributed by atoms with Crippen molar-refractivity contribution in [3.8, 4) is 11.4 Å². The largest absolute Gasteiger partial charge is 0.255 e. The molecule has 0 bridgehead atoms. The van der Waals surface area contributed by atoms with E-state index < -0.39 is 0 Å². The van der Waals surface area contributed by atoms with Crippen LogP contribution in [0.5, 0.6) is 0 Å². The highest BCUT2D eigenvalue weighted by Gasteiger charge is 2.16. The van der Waals surface area contributed by atoms with Crippen molar-refractivity contribution in [1.29, 1.82) is 0 Å². The van der Waals surface area contributed by atoms with Gasteiger partial charge in [0.2, 0.25) is 0 Å². The summed E-state index contributed by atoms with van der Waals surface area (Å²) in [5, 5.41) is 1.94. The molecule has 0 aromatic carbocycles. The summed E-state index contributed by atoms with van der Waals surface area (Å²) >= 11 is 11.2. The van der Waals surface area contributed by atoms with Gasteiger partial charge >= 0.3 is 0 Å². The SMILES string of the molecule is ClC1=CC=C(c2nc(-c3ccccn3)c(Br)s2)CC1. The number of rotatable bonds is 2. The van der Waals surface area contributed by atoms with Gasteiger partial charge in [-0.3, -0.25) is 4.98 Å². The van der Waals surface area contributed by atoms with Crippen LogP contribution in [0, 0.1) is 0 Å². The van der Waals surface area contributed by atoms with Gasteiger partial charge in [-0.05, 0) is 52.6 Å². The van der Waals surface area contributed by atoms with Crippen LogP contribution < -0.4 is 0 Å². The molecule has 2 heterocycles. The van der Waals surface area contributed by atoms with Crippen LogP contribution in [0.3, 0.4) is 0 Å². The van der Waals surface area contributed by atoms with Crippen molar-refractivity contribution in [2.45, 2.75) is 12.8 Å². The van der Waals surface area contributed by atoms with Gasteiger partial charge in [0.25, 0.3) is 0 Å². The maximum Gasteiger partial charge on any atom is 0.121 e. The summed E-state index contributed by atoms with van der Waals surface area (Å²) in [5.41, 5.74) is 3.03. The van der Waals surface area contributed by atoms with Crippen LogP contribution in [0.1, 0.15) is 17.8 Å². The number of thiazole rings is 1. The highest BCUT2D eigenvalue weighted by molar-refractivity contribution is 9.11. The zero-order chi connectivity index (χ0) is 13.2. The van der Waals surface area contributed by atoms with E-state index in [0.717, 1.165) is 38.1 Å². The molecule has 0 unspecified atom stereocenters. The molecule has 0 radical (unpaired) electrons. The molecule has 2 nitrogen and oxygen atoms in total. The monoisotopic (exact) mass is 352 g/mol. The second kappa shape index (κ2) is 5.57. The lowest BCUT2D eigenvalue weighted by Crippen LogP contribution is -1.90. The first-order valence-electron chi connectivity index (χ1n) is 5.87. The third kappa shape index (κ3) is 2.81. The van der Waals surface area contributed by atoms with E-state index >= 15 is 0 Å². The molecule has 1 aliphatic carbocycles. The zero-order valence-corrected chi connectivity index (χ0v) is 13.1. The first-order valence-corrected chi connectivity index (χ1v) is 7.86. The van der Waals surface area contributed by atoms with Crippen molar-refractivity contribution in [2.24, 2.45) is 0 Å². The molecular weight excluding hydrogens is 344 g/mol. The average Bonchev–Trinajstić information content (AvgIpc) is 2.83. The van der Waals surface area contributed by atoms with E-state index in [2.05, 4.69) is 27.0 Å². The summed E-state index contributed by atoms with van der Waals surface area (Å²) in [7, 11) is 0. The number of pyridine rings is 1. The van der Waals surface area contributed by atoms with Crippen LogP contribution in [0.2, 0.25) is 0 Å². The molecular formula is C14H10BrClN2S. The molecule has 0 saturated heterocycles. The molecule has 0 N–H and O–H groups in total. The van der Waals surface area contributed by atoms with E-state index in [4.69, 9.17) is 16.6 Å². The van der Waals surface area contributed by atoms with E-state index in [1.165, 1.54) is 5.57 Å². The van der Waals surface area contributed by atoms with Crippen molar-refractivity contribution in [1.82, 2.24) is 9.97 Å². The maximum atomic E-state index is 5.98. The van der Waals surface area contributed by atoms with Crippen molar-refractivity contribution in [3.63, 3.8) is 0 Å². The molecule has 0 saturated carbocycles. The number of nitrogens with zero attached hydrogens (tertiary/aromatic N) is 2. The number of halogens is 2. The fraction of sp³-hybridized carbons (Fsp3) is 0.143. The van der Waals surface area contributed by atoms with Crippen LogP contribution in [0.25, 0.3) is 17.0 Å². The molecule has 0 amide bonds. The Kier molecular flexibility index (Phi) is 3.82. The van der Waals surface area contributed by atoms with Gasteiger partial charge in [0, 0.05) is 11.2 Å². The van der Waals surface area contributed by atoms with Gasteiger partial charge < -0.3 is 0 Å². The van der Waals surface area contributed by atoms with E-state index in [0.29, 0.717) is 0 Å². The number of hydrogen-bond donors (Lipinski definition) is 0. The second-order valence-electron chi connectivity index (χ2n) is 4.16. The molecule has 2 aromatic heterocycles. The first kappa shape index (κ1) is 13.0. The molecule has 0 fully saturated rings.